The molecule has 1 N–H and O–H groups in total. The number of halogens is 3. The average Bonchev–Trinajstić information content (AvgIpc) is 2.65. The molecule has 0 aliphatic carbocycles. The van der Waals surface area contributed by atoms with Gasteiger partial charge in [-0.2, -0.15) is 0 Å². The Bertz CT molecular complexity index is 1040. The molecule has 3 aromatic rings. The lowest BCUT2D eigenvalue weighted by Crippen LogP contribution is -2.16. The fourth-order valence-corrected chi connectivity index (χ4v) is 3.84. The van der Waals surface area contributed by atoms with Crippen LogP contribution in [0.2, 0.25) is 5.02 Å². The Morgan fingerprint density at radius 1 is 1.04 bits per heavy atom. The van der Waals surface area contributed by atoms with Gasteiger partial charge >= 0.3 is 0 Å². The number of hydrogen-bond donors (Lipinski definition) is 1. The van der Waals surface area contributed by atoms with Crippen LogP contribution in [0.5, 0.6) is 11.5 Å². The highest BCUT2D eigenvalue weighted by Gasteiger charge is 2.30. The molecule has 3 aromatic carbocycles. The topological polar surface area (TPSA) is 29.5 Å². The summed E-state index contributed by atoms with van der Waals surface area (Å²) in [6, 6.07) is 17.7. The lowest BCUT2D eigenvalue weighted by atomic mass is 9.86. The zero-order valence-electron chi connectivity index (χ0n) is 14.3. The highest BCUT2D eigenvalue weighted by Crippen LogP contribution is 2.48. The maximum absolute atomic E-state index is 13.5. The highest BCUT2D eigenvalue weighted by molar-refractivity contribution is 14.1. The molecule has 1 aliphatic heterocycles. The molecule has 0 unspecified atom stereocenters. The van der Waals surface area contributed by atoms with Crippen LogP contribution in [0.3, 0.4) is 0 Å². The molecule has 0 radical (unpaired) electrons. The van der Waals surface area contributed by atoms with Crippen LogP contribution >= 0.6 is 34.2 Å². The van der Waals surface area contributed by atoms with Gasteiger partial charge in [0.15, 0.2) is 0 Å². The van der Waals surface area contributed by atoms with Crippen LogP contribution in [0.15, 0.2) is 60.7 Å². The summed E-state index contributed by atoms with van der Waals surface area (Å²) in [6.45, 7) is 1.98. The summed E-state index contributed by atoms with van der Waals surface area (Å²) < 4.78 is 20.9. The summed E-state index contributed by atoms with van der Waals surface area (Å²) in [4.78, 5) is 0. The number of aromatic hydroxyl groups is 1. The number of hydrogen-bond acceptors (Lipinski definition) is 2. The maximum Gasteiger partial charge on any atom is 0.150 e. The van der Waals surface area contributed by atoms with Crippen LogP contribution in [0.1, 0.15) is 29.7 Å². The van der Waals surface area contributed by atoms with Crippen LogP contribution in [0.25, 0.3) is 11.1 Å². The molecular weight excluding hydrogens is 478 g/mol. The third-order valence-corrected chi connectivity index (χ3v) is 5.71. The minimum Gasteiger partial charge on any atom is -0.506 e. The van der Waals surface area contributed by atoms with Crippen molar-refractivity contribution in [3.63, 3.8) is 0 Å². The van der Waals surface area contributed by atoms with Crippen molar-refractivity contribution in [1.82, 2.24) is 0 Å². The van der Waals surface area contributed by atoms with Gasteiger partial charge in [0.05, 0.1) is 5.02 Å². The second-order valence-electron chi connectivity index (χ2n) is 6.39. The first kappa shape index (κ1) is 18.3. The van der Waals surface area contributed by atoms with Crippen LogP contribution in [0.4, 0.5) is 4.39 Å². The van der Waals surface area contributed by atoms with Crippen LogP contribution in [-0.2, 0) is 0 Å². The van der Waals surface area contributed by atoms with E-state index in [1.807, 2.05) is 31.2 Å². The number of fused-ring (bicyclic) bond motifs is 1. The Balaban J connectivity index is 1.94. The molecule has 1 heterocycles. The molecule has 0 spiro atoms. The van der Waals surface area contributed by atoms with Crippen molar-refractivity contribution in [1.29, 1.82) is 0 Å². The molecule has 0 saturated carbocycles. The standard InChI is InChI=1S/C22H15ClFIO2/c1-12-17-10-19(26)18(23)11-20(17)27-22(14-4-8-16(25)9-5-14)21(12)13-2-6-15(24)7-3-13/h2-11,22,26H,1H3/t22-/m0/s1. The van der Waals surface area contributed by atoms with Gasteiger partial charge in [-0.25, -0.2) is 4.39 Å². The van der Waals surface area contributed by atoms with Crippen molar-refractivity contribution in [2.75, 3.05) is 0 Å². The van der Waals surface area contributed by atoms with E-state index in [1.165, 1.54) is 12.1 Å². The van der Waals surface area contributed by atoms with E-state index in [2.05, 4.69) is 22.6 Å². The second kappa shape index (κ2) is 7.17. The summed E-state index contributed by atoms with van der Waals surface area (Å²) in [5.41, 5.74) is 4.53. The predicted molar refractivity (Wildman–Crippen MR) is 115 cm³/mol. The Morgan fingerprint density at radius 3 is 2.37 bits per heavy atom. The third-order valence-electron chi connectivity index (χ3n) is 4.69. The zero-order valence-corrected chi connectivity index (χ0v) is 17.3. The highest BCUT2D eigenvalue weighted by atomic mass is 127. The molecule has 2 nitrogen and oxygen atoms in total. The lowest BCUT2D eigenvalue weighted by molar-refractivity contribution is 0.259. The largest absolute Gasteiger partial charge is 0.506 e. The number of phenolic OH excluding ortho intramolecular Hbond substituents is 1. The minimum absolute atomic E-state index is 0.00420. The molecule has 0 bridgehead atoms. The van der Waals surface area contributed by atoms with Gasteiger partial charge in [0.25, 0.3) is 0 Å². The maximum atomic E-state index is 13.5. The quantitative estimate of drug-likeness (QED) is 0.396. The molecule has 1 atom stereocenters. The van der Waals surface area contributed by atoms with E-state index in [1.54, 1.807) is 24.3 Å². The number of phenols is 1. The molecule has 5 heteroatoms. The van der Waals surface area contributed by atoms with Crippen molar-refractivity contribution >= 4 is 45.3 Å². The molecule has 1 aliphatic rings. The van der Waals surface area contributed by atoms with E-state index in [-0.39, 0.29) is 22.7 Å². The van der Waals surface area contributed by atoms with Gasteiger partial charge in [-0.15, -0.1) is 0 Å². The van der Waals surface area contributed by atoms with Crippen molar-refractivity contribution in [2.45, 2.75) is 13.0 Å². The minimum atomic E-state index is -0.361. The number of ether oxygens (including phenoxy) is 1. The Morgan fingerprint density at radius 2 is 1.70 bits per heavy atom. The van der Waals surface area contributed by atoms with E-state index < -0.39 is 0 Å². The molecule has 0 amide bonds. The second-order valence-corrected chi connectivity index (χ2v) is 8.05. The fourth-order valence-electron chi connectivity index (χ4n) is 3.33. The molecule has 0 saturated heterocycles. The van der Waals surface area contributed by atoms with E-state index in [9.17, 15) is 9.50 Å². The van der Waals surface area contributed by atoms with Gasteiger partial charge < -0.3 is 9.84 Å². The normalized spacial score (nSPS) is 16.1. The van der Waals surface area contributed by atoms with E-state index in [4.69, 9.17) is 16.3 Å². The molecule has 0 aromatic heterocycles. The van der Waals surface area contributed by atoms with Crippen LogP contribution in [0, 0.1) is 9.39 Å². The third kappa shape index (κ3) is 3.44. The summed E-state index contributed by atoms with van der Waals surface area (Å²) in [5.74, 6) is 0.332. The average molecular weight is 493 g/mol. The summed E-state index contributed by atoms with van der Waals surface area (Å²) in [6.07, 6.45) is -0.361. The van der Waals surface area contributed by atoms with Gasteiger partial charge in [0, 0.05) is 20.8 Å². The Hall–Kier alpha value is -2.05. The van der Waals surface area contributed by atoms with Gasteiger partial charge in [-0.3, -0.25) is 0 Å². The smallest absolute Gasteiger partial charge is 0.150 e. The molecule has 136 valence electrons. The Kier molecular flexibility index (Phi) is 4.86. The van der Waals surface area contributed by atoms with Crippen LogP contribution in [-0.4, -0.2) is 5.11 Å². The van der Waals surface area contributed by atoms with E-state index in [0.717, 1.165) is 31.4 Å². The molecule has 4 rings (SSSR count). The SMILES string of the molecule is CC1=C(c2ccc(F)cc2)[C@H](c2ccc(I)cc2)Oc2cc(Cl)c(O)cc21. The first-order valence-corrected chi connectivity index (χ1v) is 9.81. The van der Waals surface area contributed by atoms with Gasteiger partial charge in [0.2, 0.25) is 0 Å². The fraction of sp³-hybridized carbons (Fsp3) is 0.0909. The Labute approximate surface area is 175 Å². The number of rotatable bonds is 2. The van der Waals surface area contributed by atoms with E-state index in [0.29, 0.717) is 5.75 Å². The van der Waals surface area contributed by atoms with Gasteiger partial charge in [-0.1, -0.05) is 35.9 Å². The number of allylic oxidation sites excluding steroid dienone is 1. The van der Waals surface area contributed by atoms with Crippen LogP contribution < -0.4 is 4.74 Å². The van der Waals surface area contributed by atoms with E-state index >= 15 is 0 Å². The summed E-state index contributed by atoms with van der Waals surface area (Å²) in [5, 5.41) is 10.3. The molecule has 27 heavy (non-hydrogen) atoms. The monoisotopic (exact) mass is 492 g/mol. The molecule has 0 fully saturated rings. The lowest BCUT2D eigenvalue weighted by Gasteiger charge is -2.31. The first-order valence-electron chi connectivity index (χ1n) is 8.36. The van der Waals surface area contributed by atoms with Crippen molar-refractivity contribution < 1.29 is 14.2 Å². The predicted octanol–water partition coefficient (Wildman–Crippen LogP) is 6.85. The van der Waals surface area contributed by atoms with Crippen molar-refractivity contribution in [2.24, 2.45) is 0 Å². The van der Waals surface area contributed by atoms with Gasteiger partial charge in [0.1, 0.15) is 23.4 Å². The van der Waals surface area contributed by atoms with Crippen molar-refractivity contribution in [3.8, 4) is 11.5 Å². The summed E-state index contributed by atoms with van der Waals surface area (Å²) >= 11 is 8.35. The van der Waals surface area contributed by atoms with Gasteiger partial charge in [-0.05, 0) is 76.5 Å². The zero-order chi connectivity index (χ0) is 19.1. The molecular formula is C22H15ClFIO2. The number of benzene rings is 3. The van der Waals surface area contributed by atoms with Crippen molar-refractivity contribution in [3.05, 3.63) is 91.8 Å². The first-order chi connectivity index (χ1) is 12.9. The summed E-state index contributed by atoms with van der Waals surface area (Å²) in [7, 11) is 0.